The van der Waals surface area contributed by atoms with E-state index in [9.17, 15) is 19.2 Å². The van der Waals surface area contributed by atoms with Crippen molar-refractivity contribution >= 4 is 23.7 Å². The normalized spacial score (nSPS) is 12.5. The van der Waals surface area contributed by atoms with E-state index in [1.165, 1.54) is 6.92 Å². The molecule has 28 heavy (non-hydrogen) atoms. The fourth-order valence-electron chi connectivity index (χ4n) is 2.00. The van der Waals surface area contributed by atoms with Crippen molar-refractivity contribution in [2.45, 2.75) is 72.9 Å². The summed E-state index contributed by atoms with van der Waals surface area (Å²) in [6, 6.07) is -1.47. The van der Waals surface area contributed by atoms with Gasteiger partial charge in [0.1, 0.15) is 12.6 Å². The number of carboxylic acids is 1. The number of nitrogens with one attached hydrogen (secondary N) is 3. The molecule has 0 radical (unpaired) electrons. The molecule has 0 saturated carbocycles. The van der Waals surface area contributed by atoms with E-state index >= 15 is 0 Å². The number of carbonyl (C=O) groups is 4. The maximum atomic E-state index is 11.9. The molecule has 9 heteroatoms. The van der Waals surface area contributed by atoms with Gasteiger partial charge in [0.15, 0.2) is 0 Å². The first-order valence-corrected chi connectivity index (χ1v) is 9.72. The lowest BCUT2D eigenvalue weighted by molar-refractivity contribution is -0.138. The number of carboxylic acid groups (broad SMARTS) is 1. The number of hydrogen-bond acceptors (Lipinski definition) is 5. The van der Waals surface area contributed by atoms with E-state index in [0.717, 1.165) is 19.4 Å². The minimum atomic E-state index is -1.13. The Morgan fingerprint density at radius 2 is 1.57 bits per heavy atom. The highest BCUT2D eigenvalue weighted by atomic mass is 16.4. The van der Waals surface area contributed by atoms with E-state index in [2.05, 4.69) is 22.9 Å². The lowest BCUT2D eigenvalue weighted by Crippen LogP contribution is -2.53. The van der Waals surface area contributed by atoms with Crippen LogP contribution in [0.4, 0.5) is 0 Å². The van der Waals surface area contributed by atoms with Crippen molar-refractivity contribution in [3.05, 3.63) is 0 Å². The van der Waals surface area contributed by atoms with Crippen LogP contribution in [0.15, 0.2) is 0 Å². The summed E-state index contributed by atoms with van der Waals surface area (Å²) in [6.07, 6.45) is 2.64. The smallest absolute Gasteiger partial charge is 0.322 e. The molecule has 0 spiro atoms. The minimum absolute atomic E-state index is 0.0446. The highest BCUT2D eigenvalue weighted by Gasteiger charge is 2.25. The Balaban J connectivity index is 0. The molecule has 0 aliphatic heterocycles. The Morgan fingerprint density at radius 3 is 1.96 bits per heavy atom. The van der Waals surface area contributed by atoms with Gasteiger partial charge in [0.25, 0.3) is 0 Å². The molecule has 6 N–H and O–H groups in total. The third-order valence-electron chi connectivity index (χ3n) is 3.68. The van der Waals surface area contributed by atoms with E-state index < -0.39 is 36.4 Å². The van der Waals surface area contributed by atoms with E-state index in [0.29, 0.717) is 6.42 Å². The van der Waals surface area contributed by atoms with Gasteiger partial charge in [-0.3, -0.25) is 19.2 Å². The van der Waals surface area contributed by atoms with Crippen molar-refractivity contribution in [1.82, 2.24) is 16.0 Å². The zero-order valence-electron chi connectivity index (χ0n) is 18.0. The molecule has 0 aromatic heterocycles. The first-order valence-electron chi connectivity index (χ1n) is 9.72. The summed E-state index contributed by atoms with van der Waals surface area (Å²) >= 11 is 0. The summed E-state index contributed by atoms with van der Waals surface area (Å²) in [5.41, 5.74) is 5.72. The molecule has 3 amide bonds. The fraction of sp³-hybridized carbons (Fsp3) is 0.789. The number of nitrogens with two attached hydrogens (primary N) is 1. The van der Waals surface area contributed by atoms with Crippen LogP contribution in [-0.2, 0) is 19.2 Å². The number of carbonyl (C=O) groups excluding carboxylic acids is 3. The Bertz CT molecular complexity index is 495. The van der Waals surface area contributed by atoms with Gasteiger partial charge in [-0.05, 0) is 24.7 Å². The van der Waals surface area contributed by atoms with Crippen LogP contribution in [0.1, 0.15) is 60.8 Å². The Hall–Kier alpha value is -2.16. The molecule has 0 aromatic carbocycles. The fourth-order valence-corrected chi connectivity index (χ4v) is 2.00. The van der Waals surface area contributed by atoms with Crippen LogP contribution < -0.4 is 21.7 Å². The molecular formula is C19H38N4O5. The summed E-state index contributed by atoms with van der Waals surface area (Å²) < 4.78 is 0. The molecule has 0 aliphatic rings. The molecule has 0 rings (SSSR count). The average molecular weight is 403 g/mol. The van der Waals surface area contributed by atoms with E-state index in [-0.39, 0.29) is 17.7 Å². The molecule has 2 atom stereocenters. The van der Waals surface area contributed by atoms with Gasteiger partial charge in [0.2, 0.25) is 17.7 Å². The maximum Gasteiger partial charge on any atom is 0.322 e. The van der Waals surface area contributed by atoms with Crippen LogP contribution in [0, 0.1) is 11.8 Å². The second-order valence-corrected chi connectivity index (χ2v) is 7.41. The van der Waals surface area contributed by atoms with Gasteiger partial charge in [0, 0.05) is 13.5 Å². The van der Waals surface area contributed by atoms with E-state index in [1.54, 1.807) is 0 Å². The lowest BCUT2D eigenvalue weighted by atomic mass is 10.0. The highest BCUT2D eigenvalue weighted by molar-refractivity contribution is 5.91. The predicted octanol–water partition coefficient (Wildman–Crippen LogP) is 0.624. The van der Waals surface area contributed by atoms with Crippen molar-refractivity contribution in [3.8, 4) is 0 Å². The second-order valence-electron chi connectivity index (χ2n) is 7.41. The van der Waals surface area contributed by atoms with Crippen LogP contribution in [0.3, 0.4) is 0 Å². The third kappa shape index (κ3) is 16.0. The molecule has 0 bridgehead atoms. The van der Waals surface area contributed by atoms with Gasteiger partial charge in [0.05, 0.1) is 6.04 Å². The van der Waals surface area contributed by atoms with Crippen molar-refractivity contribution in [3.63, 3.8) is 0 Å². The Kier molecular flexibility index (Phi) is 15.9. The summed E-state index contributed by atoms with van der Waals surface area (Å²) in [7, 11) is 0. The van der Waals surface area contributed by atoms with Crippen LogP contribution in [0.25, 0.3) is 0 Å². The monoisotopic (exact) mass is 402 g/mol. The molecule has 164 valence electrons. The van der Waals surface area contributed by atoms with Crippen LogP contribution in [0.5, 0.6) is 0 Å². The molecule has 2 unspecified atom stereocenters. The summed E-state index contributed by atoms with van der Waals surface area (Å²) in [5.74, 6) is -1.85. The van der Waals surface area contributed by atoms with Gasteiger partial charge in [-0.2, -0.15) is 0 Å². The lowest BCUT2D eigenvalue weighted by Gasteiger charge is -2.23. The molecule has 0 aromatic rings. The molecule has 0 fully saturated rings. The van der Waals surface area contributed by atoms with E-state index in [1.807, 2.05) is 27.7 Å². The Morgan fingerprint density at radius 1 is 1.00 bits per heavy atom. The standard InChI is InChI=1S/C13H25N3O4.C6H13NO/c1-7(2)5-9(12(19)15-6-10(17)18)16-13(20)11(14)8(3)4;1-3-4-5-7-6(2)8/h7-9,11H,5-6,14H2,1-4H3,(H,15,19)(H,16,20)(H,17,18);3-5H2,1-2H3,(H,7,8). The first kappa shape index (κ1) is 28.1. The zero-order valence-corrected chi connectivity index (χ0v) is 18.0. The molecule has 9 nitrogen and oxygen atoms in total. The van der Waals surface area contributed by atoms with Crippen molar-refractivity contribution in [2.24, 2.45) is 17.6 Å². The van der Waals surface area contributed by atoms with Crippen LogP contribution in [0.2, 0.25) is 0 Å². The highest BCUT2D eigenvalue weighted by Crippen LogP contribution is 2.06. The quantitative estimate of drug-likeness (QED) is 0.320. The molecule has 0 saturated heterocycles. The minimum Gasteiger partial charge on any atom is -0.480 e. The molecule has 0 aliphatic carbocycles. The zero-order chi connectivity index (χ0) is 22.3. The summed E-state index contributed by atoms with van der Waals surface area (Å²) in [4.78, 5) is 44.4. The van der Waals surface area contributed by atoms with Crippen LogP contribution >= 0.6 is 0 Å². The van der Waals surface area contributed by atoms with Gasteiger partial charge in [-0.15, -0.1) is 0 Å². The van der Waals surface area contributed by atoms with Gasteiger partial charge < -0.3 is 26.8 Å². The Labute approximate surface area is 168 Å². The first-order chi connectivity index (χ1) is 12.9. The largest absolute Gasteiger partial charge is 0.480 e. The van der Waals surface area contributed by atoms with Crippen molar-refractivity contribution < 1.29 is 24.3 Å². The average Bonchev–Trinajstić information content (AvgIpc) is 2.58. The topological polar surface area (TPSA) is 151 Å². The number of hydrogen-bond donors (Lipinski definition) is 5. The SMILES string of the molecule is CC(C)CC(NC(=O)C(N)C(C)C)C(=O)NCC(=O)O.CCCCNC(C)=O. The maximum absolute atomic E-state index is 11.9. The van der Waals surface area contributed by atoms with Crippen LogP contribution in [-0.4, -0.2) is 54.0 Å². The van der Waals surface area contributed by atoms with Gasteiger partial charge in [-0.25, -0.2) is 0 Å². The number of unbranched alkanes of at least 4 members (excludes halogenated alkanes) is 1. The van der Waals surface area contributed by atoms with Crippen molar-refractivity contribution in [2.75, 3.05) is 13.1 Å². The van der Waals surface area contributed by atoms with Crippen molar-refractivity contribution in [1.29, 1.82) is 0 Å². The third-order valence-corrected chi connectivity index (χ3v) is 3.68. The predicted molar refractivity (Wildman–Crippen MR) is 108 cm³/mol. The molecular weight excluding hydrogens is 364 g/mol. The van der Waals surface area contributed by atoms with Gasteiger partial charge >= 0.3 is 5.97 Å². The number of aliphatic carboxylic acids is 1. The second kappa shape index (κ2) is 15.9. The number of amides is 3. The van der Waals surface area contributed by atoms with Gasteiger partial charge in [-0.1, -0.05) is 41.0 Å². The van der Waals surface area contributed by atoms with E-state index in [4.69, 9.17) is 10.8 Å². The molecule has 0 heterocycles. The summed E-state index contributed by atoms with van der Waals surface area (Å²) in [6.45, 7) is 11.4. The summed E-state index contributed by atoms with van der Waals surface area (Å²) in [5, 5.41) is 16.1. The number of rotatable bonds is 11.